The van der Waals surface area contributed by atoms with Crippen molar-refractivity contribution in [3.8, 4) is 0 Å². The van der Waals surface area contributed by atoms with Gasteiger partial charge in [-0.1, -0.05) is 32.1 Å². The number of aromatic nitrogens is 4. The largest absolute Gasteiger partial charge is 0.328 e. The van der Waals surface area contributed by atoms with Gasteiger partial charge >= 0.3 is 0 Å². The minimum atomic E-state index is 0.835. The van der Waals surface area contributed by atoms with Gasteiger partial charge in [0.25, 0.3) is 0 Å². The van der Waals surface area contributed by atoms with E-state index >= 15 is 0 Å². The zero-order valence-corrected chi connectivity index (χ0v) is 12.6. The summed E-state index contributed by atoms with van der Waals surface area (Å²) in [6.07, 6.45) is 8.26. The topological polar surface area (TPSA) is 38.5 Å². The van der Waals surface area contributed by atoms with Crippen LogP contribution in [0.4, 0.5) is 0 Å². The molecule has 0 bridgehead atoms. The van der Waals surface area contributed by atoms with Crippen LogP contribution in [0.5, 0.6) is 0 Å². The molecule has 5 heteroatoms. The Balaban J connectivity index is 1.83. The summed E-state index contributed by atoms with van der Waals surface area (Å²) in [6.45, 7) is 3.04. The van der Waals surface area contributed by atoms with Crippen molar-refractivity contribution in [1.29, 1.82) is 0 Å². The van der Waals surface area contributed by atoms with Crippen molar-refractivity contribution >= 4 is 23.4 Å². The molecule has 0 amide bonds. The fraction of sp³-hybridized carbons (Fsp3) is 0.714. The number of fused-ring (bicyclic) bond motifs is 1. The molecule has 0 atom stereocenters. The molecule has 0 radical (unpaired) electrons. The lowest BCUT2D eigenvalue weighted by atomic mass is 9.87. The van der Waals surface area contributed by atoms with Crippen LogP contribution in [0, 0.1) is 17.6 Å². The fourth-order valence-electron chi connectivity index (χ4n) is 3.37. The first-order chi connectivity index (χ1) is 9.16. The molecule has 1 aliphatic rings. The van der Waals surface area contributed by atoms with Gasteiger partial charge in [-0.3, -0.25) is 4.68 Å². The van der Waals surface area contributed by atoms with Gasteiger partial charge in [0.15, 0.2) is 10.4 Å². The van der Waals surface area contributed by atoms with Crippen molar-refractivity contribution in [3.63, 3.8) is 0 Å². The summed E-state index contributed by atoms with van der Waals surface area (Å²) in [6, 6.07) is 0. The van der Waals surface area contributed by atoms with Crippen LogP contribution in [0.2, 0.25) is 0 Å². The summed E-state index contributed by atoms with van der Waals surface area (Å²) in [4.78, 5) is 3.30. The third-order valence-corrected chi connectivity index (χ3v) is 4.73. The van der Waals surface area contributed by atoms with Gasteiger partial charge in [-0.15, -0.1) is 0 Å². The molecule has 2 aromatic heterocycles. The summed E-state index contributed by atoms with van der Waals surface area (Å²) in [5, 5.41) is 4.47. The summed E-state index contributed by atoms with van der Waals surface area (Å²) in [5.41, 5.74) is 3.26. The van der Waals surface area contributed by atoms with Gasteiger partial charge in [0.1, 0.15) is 5.52 Å². The standard InChI is InChI=1S/C14H22N4S/c1-10-12-13(17(2)16-10)18(14(19)15-12)9-8-11-6-4-3-5-7-11/h11H,3-9H2,1-2H3,(H,15,19). The third kappa shape index (κ3) is 2.36. The quantitative estimate of drug-likeness (QED) is 0.869. The minimum absolute atomic E-state index is 0.835. The molecule has 2 aromatic rings. The van der Waals surface area contributed by atoms with Gasteiger partial charge in [-0.2, -0.15) is 5.10 Å². The lowest BCUT2D eigenvalue weighted by molar-refractivity contribution is 0.324. The normalized spacial score (nSPS) is 17.4. The van der Waals surface area contributed by atoms with E-state index in [4.69, 9.17) is 12.2 Å². The first kappa shape index (κ1) is 12.9. The van der Waals surface area contributed by atoms with Crippen molar-refractivity contribution in [2.45, 2.75) is 52.0 Å². The lowest BCUT2D eigenvalue weighted by Gasteiger charge is -2.21. The fourth-order valence-corrected chi connectivity index (χ4v) is 3.65. The van der Waals surface area contributed by atoms with E-state index in [0.29, 0.717) is 0 Å². The Bertz CT molecular complexity index is 628. The van der Waals surface area contributed by atoms with E-state index in [1.165, 1.54) is 38.5 Å². The molecule has 0 spiro atoms. The Labute approximate surface area is 118 Å². The molecule has 19 heavy (non-hydrogen) atoms. The van der Waals surface area contributed by atoms with Crippen molar-refractivity contribution in [2.24, 2.45) is 13.0 Å². The predicted octanol–water partition coefficient (Wildman–Crippen LogP) is 3.71. The summed E-state index contributed by atoms with van der Waals surface area (Å²) in [7, 11) is 2.00. The van der Waals surface area contributed by atoms with Gasteiger partial charge in [0, 0.05) is 13.6 Å². The zero-order valence-electron chi connectivity index (χ0n) is 11.8. The molecular weight excluding hydrogens is 256 g/mol. The summed E-state index contributed by atoms with van der Waals surface area (Å²) < 4.78 is 5.00. The Morgan fingerprint density at radius 2 is 2.05 bits per heavy atom. The molecule has 0 aliphatic heterocycles. The summed E-state index contributed by atoms with van der Waals surface area (Å²) >= 11 is 5.46. The smallest absolute Gasteiger partial charge is 0.179 e. The number of nitrogens with one attached hydrogen (secondary N) is 1. The molecule has 1 aliphatic carbocycles. The molecule has 1 N–H and O–H groups in total. The van der Waals surface area contributed by atoms with Gasteiger partial charge in [0.05, 0.1) is 5.69 Å². The Morgan fingerprint density at radius 3 is 2.79 bits per heavy atom. The maximum absolute atomic E-state index is 5.46. The number of hydrogen-bond donors (Lipinski definition) is 1. The number of aromatic amines is 1. The molecule has 0 saturated heterocycles. The average molecular weight is 278 g/mol. The first-order valence-corrected chi connectivity index (χ1v) is 7.69. The van der Waals surface area contributed by atoms with Crippen LogP contribution < -0.4 is 0 Å². The summed E-state index contributed by atoms with van der Waals surface area (Å²) in [5.74, 6) is 0.884. The zero-order chi connectivity index (χ0) is 13.4. The second kappa shape index (κ2) is 5.12. The van der Waals surface area contributed by atoms with Crippen LogP contribution in [0.15, 0.2) is 0 Å². The number of hydrogen-bond acceptors (Lipinski definition) is 2. The molecule has 0 aromatic carbocycles. The predicted molar refractivity (Wildman–Crippen MR) is 79.8 cm³/mol. The van der Waals surface area contributed by atoms with E-state index in [1.54, 1.807) is 0 Å². The highest BCUT2D eigenvalue weighted by molar-refractivity contribution is 7.71. The van der Waals surface area contributed by atoms with Crippen molar-refractivity contribution in [2.75, 3.05) is 0 Å². The SMILES string of the molecule is Cc1nn(C)c2c1[nH]c(=S)n2CCC1CCCCC1. The van der Waals surface area contributed by atoms with Crippen molar-refractivity contribution in [1.82, 2.24) is 19.3 Å². The van der Waals surface area contributed by atoms with E-state index in [-0.39, 0.29) is 0 Å². The van der Waals surface area contributed by atoms with Crippen LogP contribution in [-0.2, 0) is 13.6 Å². The highest BCUT2D eigenvalue weighted by Gasteiger charge is 2.16. The second-order valence-electron chi connectivity index (χ2n) is 5.78. The molecule has 1 saturated carbocycles. The van der Waals surface area contributed by atoms with Crippen LogP contribution in [-0.4, -0.2) is 19.3 Å². The van der Waals surface area contributed by atoms with Crippen LogP contribution in [0.1, 0.15) is 44.2 Å². The Morgan fingerprint density at radius 1 is 1.32 bits per heavy atom. The van der Waals surface area contributed by atoms with Gasteiger partial charge in [-0.25, -0.2) is 0 Å². The van der Waals surface area contributed by atoms with E-state index in [1.807, 2.05) is 18.7 Å². The van der Waals surface area contributed by atoms with Gasteiger partial charge < -0.3 is 9.55 Å². The Hall–Kier alpha value is -1.10. The second-order valence-corrected chi connectivity index (χ2v) is 6.17. The molecule has 104 valence electrons. The molecule has 2 heterocycles. The Kier molecular flexibility index (Phi) is 3.48. The average Bonchev–Trinajstić information content (AvgIpc) is 2.87. The van der Waals surface area contributed by atoms with Crippen molar-refractivity contribution in [3.05, 3.63) is 10.5 Å². The van der Waals surface area contributed by atoms with Gasteiger partial charge in [0.2, 0.25) is 0 Å². The van der Waals surface area contributed by atoms with Crippen LogP contribution in [0.25, 0.3) is 11.2 Å². The monoisotopic (exact) mass is 278 g/mol. The number of H-pyrrole nitrogens is 1. The highest BCUT2D eigenvalue weighted by atomic mass is 32.1. The lowest BCUT2D eigenvalue weighted by Crippen LogP contribution is -2.11. The molecule has 0 unspecified atom stereocenters. The van der Waals surface area contributed by atoms with Crippen molar-refractivity contribution < 1.29 is 0 Å². The van der Waals surface area contributed by atoms with Crippen LogP contribution >= 0.6 is 12.2 Å². The van der Waals surface area contributed by atoms with Gasteiger partial charge in [-0.05, 0) is 31.5 Å². The minimum Gasteiger partial charge on any atom is -0.328 e. The number of imidazole rings is 1. The maximum Gasteiger partial charge on any atom is 0.179 e. The van der Waals surface area contributed by atoms with E-state index in [2.05, 4.69) is 14.6 Å². The first-order valence-electron chi connectivity index (χ1n) is 7.29. The van der Waals surface area contributed by atoms with Crippen LogP contribution in [0.3, 0.4) is 0 Å². The molecule has 1 fully saturated rings. The maximum atomic E-state index is 5.46. The number of nitrogens with zero attached hydrogens (tertiary/aromatic N) is 3. The highest BCUT2D eigenvalue weighted by Crippen LogP contribution is 2.27. The molecular formula is C14H22N4S. The third-order valence-electron chi connectivity index (χ3n) is 4.41. The van der Waals surface area contributed by atoms with E-state index in [9.17, 15) is 0 Å². The van der Waals surface area contributed by atoms with E-state index in [0.717, 1.165) is 34.1 Å². The number of aryl methyl sites for hydroxylation is 3. The molecule has 3 rings (SSSR count). The molecule has 4 nitrogen and oxygen atoms in total. The van der Waals surface area contributed by atoms with E-state index < -0.39 is 0 Å². The number of rotatable bonds is 3.